The maximum absolute atomic E-state index is 3.81. The van der Waals surface area contributed by atoms with Crippen LogP contribution in [-0.2, 0) is 0 Å². The lowest BCUT2D eigenvalue weighted by Crippen LogP contribution is -2.22. The Bertz CT molecular complexity index is 1660. The van der Waals surface area contributed by atoms with Crippen molar-refractivity contribution in [3.8, 4) is 0 Å². The molecule has 0 amide bonds. The van der Waals surface area contributed by atoms with Crippen molar-refractivity contribution in [1.29, 1.82) is 0 Å². The van der Waals surface area contributed by atoms with Gasteiger partial charge in [0.05, 0.1) is 87.2 Å². The molecule has 0 spiro atoms. The molecular formula is C20H8Br8N4. The molecule has 0 atom stereocenters. The fourth-order valence-corrected chi connectivity index (χ4v) is 9.72. The molecule has 0 saturated carbocycles. The van der Waals surface area contributed by atoms with Crippen LogP contribution in [0.25, 0.3) is 17.9 Å². The Labute approximate surface area is 248 Å². The maximum Gasteiger partial charge on any atom is 0.0844 e. The monoisotopic (exact) mass is 935 g/mol. The first-order valence-electron chi connectivity index (χ1n) is 8.84. The van der Waals surface area contributed by atoms with Crippen LogP contribution in [0.4, 0.5) is 0 Å². The van der Waals surface area contributed by atoms with Gasteiger partial charge in [0, 0.05) is 4.47 Å². The molecule has 4 aromatic rings. The summed E-state index contributed by atoms with van der Waals surface area (Å²) in [4.78, 5) is 10.5. The number of hydrogen-bond donors (Lipinski definition) is 3. The van der Waals surface area contributed by atoms with Crippen LogP contribution in [0.5, 0.6) is 0 Å². The van der Waals surface area contributed by atoms with Crippen molar-refractivity contribution >= 4 is 146 Å². The summed E-state index contributed by atoms with van der Waals surface area (Å²) in [6.45, 7) is 0. The van der Waals surface area contributed by atoms with Gasteiger partial charge in [-0.1, -0.05) is 0 Å². The summed E-state index contributed by atoms with van der Waals surface area (Å²) in [6.07, 6.45) is 0. The van der Waals surface area contributed by atoms with Gasteiger partial charge < -0.3 is 15.0 Å². The standard InChI is InChI=1S/C20H8Br8N4/c21-6-5-11-13(23)9-2-1-7(29-9)12(22)8-3-4-10(30-8)14(24)19-15(25)16(26)20(32(19)28)17(27)18(6)31-11/h1-5,29-31H. The van der Waals surface area contributed by atoms with E-state index < -0.39 is 0 Å². The third-order valence-corrected chi connectivity index (χ3v) is 11.7. The zero-order valence-electron chi connectivity index (χ0n) is 15.4. The molecule has 4 aromatic heterocycles. The molecule has 8 bridgehead atoms. The molecule has 0 saturated heterocycles. The van der Waals surface area contributed by atoms with E-state index in [1.54, 1.807) is 0 Å². The van der Waals surface area contributed by atoms with Crippen molar-refractivity contribution in [2.75, 3.05) is 0 Å². The van der Waals surface area contributed by atoms with Crippen molar-refractivity contribution in [2.24, 2.45) is 0 Å². The van der Waals surface area contributed by atoms with E-state index in [1.165, 1.54) is 0 Å². The van der Waals surface area contributed by atoms with Crippen LogP contribution in [0.1, 0.15) is 22.8 Å². The van der Waals surface area contributed by atoms with E-state index in [-0.39, 0.29) is 0 Å². The number of aromatic nitrogens is 4. The molecule has 3 N–H and O–H groups in total. The smallest absolute Gasteiger partial charge is 0.0844 e. The second kappa shape index (κ2) is 9.15. The summed E-state index contributed by atoms with van der Waals surface area (Å²) < 4.78 is 8.29. The SMILES string of the molecule is BrC1=c2ccc([nH]2)=C(Br)c2cc(Br)c([nH]2)C(Br)=c2c(Br)c(Br)c(n2Br)=C(Br)c2ccc1[nH]2. The van der Waals surface area contributed by atoms with Gasteiger partial charge >= 0.3 is 0 Å². The average molecular weight is 944 g/mol. The predicted octanol–water partition coefficient (Wildman–Crippen LogP) is 6.44. The molecule has 0 radical (unpaired) electrons. The molecule has 5 heterocycles. The fraction of sp³-hybridized carbons (Fsp3) is 0. The fourth-order valence-electron chi connectivity index (χ4n) is 3.40. The third-order valence-electron chi connectivity index (χ3n) is 4.96. The zero-order valence-corrected chi connectivity index (χ0v) is 28.0. The molecule has 32 heavy (non-hydrogen) atoms. The highest BCUT2D eigenvalue weighted by atomic mass is 79.9. The number of fused-ring (bicyclic) bond motifs is 8. The highest BCUT2D eigenvalue weighted by Gasteiger charge is 2.20. The van der Waals surface area contributed by atoms with Crippen molar-refractivity contribution in [3.05, 3.63) is 87.9 Å². The van der Waals surface area contributed by atoms with Crippen molar-refractivity contribution < 1.29 is 0 Å². The van der Waals surface area contributed by atoms with Gasteiger partial charge in [0.25, 0.3) is 0 Å². The van der Waals surface area contributed by atoms with E-state index >= 15 is 0 Å². The molecular weight excluding hydrogens is 935 g/mol. The van der Waals surface area contributed by atoms with Crippen LogP contribution in [0.2, 0.25) is 0 Å². The lowest BCUT2D eigenvalue weighted by molar-refractivity contribution is 1.17. The number of hydrogen-bond acceptors (Lipinski definition) is 0. The minimum absolute atomic E-state index is 0.870. The zero-order chi connectivity index (χ0) is 22.9. The first kappa shape index (κ1) is 24.1. The van der Waals surface area contributed by atoms with Gasteiger partial charge in [-0.2, -0.15) is 0 Å². The second-order valence-electron chi connectivity index (χ2n) is 6.84. The maximum atomic E-state index is 3.81. The molecule has 0 aromatic carbocycles. The van der Waals surface area contributed by atoms with Gasteiger partial charge in [0.15, 0.2) is 0 Å². The van der Waals surface area contributed by atoms with Gasteiger partial charge in [0.1, 0.15) is 0 Å². The Balaban J connectivity index is 2.01. The number of rotatable bonds is 0. The minimum atomic E-state index is 0.870. The molecule has 1 aliphatic rings. The van der Waals surface area contributed by atoms with Crippen LogP contribution in [0.3, 0.4) is 0 Å². The van der Waals surface area contributed by atoms with Gasteiger partial charge in [-0.25, -0.2) is 0 Å². The summed E-state index contributed by atoms with van der Waals surface area (Å²) >= 11 is 30.1. The quantitative estimate of drug-likeness (QED) is 0.182. The third kappa shape index (κ3) is 3.88. The van der Waals surface area contributed by atoms with Crippen molar-refractivity contribution in [3.63, 3.8) is 0 Å². The molecule has 4 nitrogen and oxygen atoms in total. The molecule has 1 aliphatic heterocycles. The van der Waals surface area contributed by atoms with Crippen molar-refractivity contribution in [2.45, 2.75) is 0 Å². The first-order chi connectivity index (χ1) is 15.2. The van der Waals surface area contributed by atoms with Crippen LogP contribution in [0, 0.1) is 0 Å². The van der Waals surface area contributed by atoms with E-state index in [0.29, 0.717) is 0 Å². The topological polar surface area (TPSA) is 52.3 Å². The summed E-state index contributed by atoms with van der Waals surface area (Å²) in [6, 6.07) is 10.2. The van der Waals surface area contributed by atoms with Gasteiger partial charge in [-0.3, -0.25) is 3.59 Å². The molecule has 0 aliphatic carbocycles. The van der Waals surface area contributed by atoms with E-state index in [0.717, 1.165) is 75.5 Å². The summed E-state index contributed by atoms with van der Waals surface area (Å²) in [5, 5.41) is 3.73. The lowest BCUT2D eigenvalue weighted by atomic mass is 10.3. The molecule has 0 unspecified atom stereocenters. The first-order valence-corrected chi connectivity index (χ1v) is 15.1. The lowest BCUT2D eigenvalue weighted by Gasteiger charge is -2.02. The normalized spacial score (nSPS) is 14.0. The summed E-state index contributed by atoms with van der Waals surface area (Å²) in [7, 11) is 0. The number of nitrogens with one attached hydrogen (secondary N) is 3. The van der Waals surface area contributed by atoms with Gasteiger partial charge in [-0.05, 0) is 142 Å². The molecule has 12 heteroatoms. The van der Waals surface area contributed by atoms with Crippen molar-refractivity contribution in [1.82, 2.24) is 18.5 Å². The predicted molar refractivity (Wildman–Crippen MR) is 158 cm³/mol. The van der Waals surface area contributed by atoms with Gasteiger partial charge in [-0.15, -0.1) is 0 Å². The average Bonchev–Trinajstić information content (AvgIpc) is 3.53. The van der Waals surface area contributed by atoms with E-state index in [4.69, 9.17) is 0 Å². The van der Waals surface area contributed by atoms with E-state index in [9.17, 15) is 0 Å². The number of nitrogens with zero attached hydrogens (tertiary/aromatic N) is 1. The minimum Gasteiger partial charge on any atom is -0.354 e. The Morgan fingerprint density at radius 2 is 1.09 bits per heavy atom. The van der Waals surface area contributed by atoms with Crippen LogP contribution >= 0.6 is 128 Å². The summed E-state index contributed by atoms with van der Waals surface area (Å²) in [5.74, 6) is 0. The molecule has 0 fully saturated rings. The van der Waals surface area contributed by atoms with Gasteiger partial charge in [0.2, 0.25) is 0 Å². The number of halogens is 8. The molecule has 5 rings (SSSR count). The largest absolute Gasteiger partial charge is 0.354 e. The van der Waals surface area contributed by atoms with E-state index in [1.807, 2.05) is 33.9 Å². The highest BCUT2D eigenvalue weighted by Crippen LogP contribution is 2.32. The molecule has 164 valence electrons. The Kier molecular flexibility index (Phi) is 6.90. The Morgan fingerprint density at radius 3 is 1.72 bits per heavy atom. The van der Waals surface area contributed by atoms with Crippen LogP contribution in [-0.4, -0.2) is 18.5 Å². The van der Waals surface area contributed by atoms with Crippen LogP contribution in [0.15, 0.2) is 43.7 Å². The Morgan fingerprint density at radius 1 is 0.562 bits per heavy atom. The van der Waals surface area contributed by atoms with Crippen LogP contribution < -0.4 is 21.4 Å². The number of aromatic amines is 3. The summed E-state index contributed by atoms with van der Waals surface area (Å²) in [5.41, 5.74) is 3.72. The number of H-pyrrole nitrogens is 3. The van der Waals surface area contributed by atoms with E-state index in [2.05, 4.69) is 143 Å². The second-order valence-corrected chi connectivity index (χ2v) is 13.2. The Hall–Kier alpha value is 0.440. The highest BCUT2D eigenvalue weighted by molar-refractivity contribution is 9.16.